The summed E-state index contributed by atoms with van der Waals surface area (Å²) in [4.78, 5) is 0. The zero-order valence-corrected chi connectivity index (χ0v) is 14.3. The molecule has 0 fully saturated rings. The molecule has 10 heteroatoms. The number of hydrogen-bond donors (Lipinski definition) is 0. The van der Waals surface area contributed by atoms with Crippen LogP contribution in [-0.4, -0.2) is 78.3 Å². The molecule has 0 aliphatic heterocycles. The van der Waals surface area contributed by atoms with Gasteiger partial charge in [0.25, 0.3) is 0 Å². The molecule has 0 rings (SSSR count). The van der Waals surface area contributed by atoms with Crippen LogP contribution in [0.4, 0.5) is 0 Å². The van der Waals surface area contributed by atoms with E-state index in [9.17, 15) is 0 Å². The van der Waals surface area contributed by atoms with Crippen molar-refractivity contribution in [3.8, 4) is 0 Å². The van der Waals surface area contributed by atoms with Gasteiger partial charge in [0, 0.05) is 10.4 Å². The Bertz CT molecular complexity index is 106. The van der Waals surface area contributed by atoms with Gasteiger partial charge in [-0.2, -0.15) is 0 Å². The summed E-state index contributed by atoms with van der Waals surface area (Å²) in [7, 11) is -5.17. The van der Waals surface area contributed by atoms with Gasteiger partial charge in [0.1, 0.15) is 0 Å². The topological polar surface area (TPSA) is 80.3 Å². The Kier molecular flexibility index (Phi) is 69.4. The van der Waals surface area contributed by atoms with Crippen LogP contribution >= 0.6 is 0 Å². The van der Waals surface area contributed by atoms with E-state index in [0.29, 0.717) is 0 Å². The molecular formula is CaCl2KMgO4S+. The van der Waals surface area contributed by atoms with Gasteiger partial charge in [-0.05, 0) is 0 Å². The Hall–Kier alpha value is 4.11. The molecule has 0 saturated heterocycles. The third-order valence-electron chi connectivity index (χ3n) is 0. The van der Waals surface area contributed by atoms with E-state index in [4.69, 9.17) is 17.5 Å². The van der Waals surface area contributed by atoms with Gasteiger partial charge >= 0.3 is 112 Å². The summed E-state index contributed by atoms with van der Waals surface area (Å²) in [5.41, 5.74) is 0. The van der Waals surface area contributed by atoms with Crippen LogP contribution in [-0.2, 0) is 10.4 Å². The molecule has 0 aromatic heterocycles. The van der Waals surface area contributed by atoms with Crippen LogP contribution in [0.5, 0.6) is 0 Å². The Morgan fingerprint density at radius 1 is 1.00 bits per heavy atom. The molecule has 0 aliphatic carbocycles. The normalized spacial score (nSPS) is 5.80. The average Bonchev–Trinajstić information content (AvgIpc) is 0.722. The maximum absolute atomic E-state index is 8.52. The summed E-state index contributed by atoms with van der Waals surface area (Å²) >= 11 is 0. The van der Waals surface area contributed by atoms with Gasteiger partial charge in [-0.15, -0.1) is 0 Å². The second-order valence-electron chi connectivity index (χ2n) is 0.408. The summed E-state index contributed by atoms with van der Waals surface area (Å²) in [6.45, 7) is 0. The van der Waals surface area contributed by atoms with E-state index in [1.54, 1.807) is 0 Å². The molecule has 0 spiro atoms. The average molecular weight is 270 g/mol. The largest absolute Gasteiger partial charge is 2.00 e. The van der Waals surface area contributed by atoms with Gasteiger partial charge in [0.2, 0.25) is 0 Å². The fourth-order valence-electron chi connectivity index (χ4n) is 0. The van der Waals surface area contributed by atoms with Crippen LogP contribution in [0.3, 0.4) is 0 Å². The van der Waals surface area contributed by atoms with Crippen molar-refractivity contribution in [2.45, 2.75) is 0 Å². The molecule has 48 valence electrons. The van der Waals surface area contributed by atoms with E-state index in [2.05, 4.69) is 0 Å². The van der Waals surface area contributed by atoms with Crippen molar-refractivity contribution in [2.75, 3.05) is 0 Å². The van der Waals surface area contributed by atoms with Crippen molar-refractivity contribution in [3.63, 3.8) is 0 Å². The smallest absolute Gasteiger partial charge is 1.00 e. The van der Waals surface area contributed by atoms with Crippen LogP contribution in [0.25, 0.3) is 0 Å². The van der Waals surface area contributed by atoms with Crippen molar-refractivity contribution in [1.82, 2.24) is 0 Å². The second-order valence-corrected chi connectivity index (χ2v) is 1.22. The number of rotatable bonds is 0. The first-order valence-electron chi connectivity index (χ1n) is 0.667. The van der Waals surface area contributed by atoms with Crippen LogP contribution in [0.15, 0.2) is 0 Å². The fraction of sp³-hybridized carbons (Fsp3) is 0. The van der Waals surface area contributed by atoms with Crippen molar-refractivity contribution in [3.05, 3.63) is 0 Å². The van der Waals surface area contributed by atoms with E-state index >= 15 is 0 Å². The van der Waals surface area contributed by atoms with Gasteiger partial charge < -0.3 is 33.9 Å². The summed E-state index contributed by atoms with van der Waals surface area (Å²) < 4.78 is 34.1. The fourth-order valence-corrected chi connectivity index (χ4v) is 0. The standard InChI is InChI=1S/Ca.2ClH.K.Mg.H2O4S/c;;;;;1-5(2,3)4/h;2*1H;;;(H2,1,2,3,4)/q+2;;;+1;+2;/p-4. The van der Waals surface area contributed by atoms with Crippen molar-refractivity contribution < 1.29 is 93.7 Å². The second kappa shape index (κ2) is 18.8. The quantitative estimate of drug-likeness (QED) is 0.249. The summed E-state index contributed by atoms with van der Waals surface area (Å²) in [6, 6.07) is 0. The molecule has 4 nitrogen and oxygen atoms in total. The van der Waals surface area contributed by atoms with Crippen molar-refractivity contribution >= 4 is 71.2 Å². The number of hydrogen-bond acceptors (Lipinski definition) is 4. The van der Waals surface area contributed by atoms with Crippen molar-refractivity contribution in [1.29, 1.82) is 0 Å². The molecule has 0 aromatic rings. The molecule has 0 saturated carbocycles. The first-order chi connectivity index (χ1) is 2.00. The molecule has 0 amide bonds. The molecule has 0 aliphatic rings. The zero-order chi connectivity index (χ0) is 4.50. The monoisotopic (exact) mass is 269 g/mol. The summed E-state index contributed by atoms with van der Waals surface area (Å²) in [5.74, 6) is 0. The molecule has 0 heterocycles. The SMILES string of the molecule is O=S(=O)([O-])[O-].[Ca+2].[Cl-].[Cl-].[K+].[Mg+2]. The molecule has 0 aromatic carbocycles. The van der Waals surface area contributed by atoms with Crippen LogP contribution in [0, 0.1) is 0 Å². The molecule has 0 unspecified atom stereocenters. The molecule has 0 N–H and O–H groups in total. The van der Waals surface area contributed by atoms with E-state index in [1.165, 1.54) is 0 Å². The van der Waals surface area contributed by atoms with Gasteiger partial charge in [-0.25, -0.2) is 0 Å². The van der Waals surface area contributed by atoms with Crippen LogP contribution in [0.2, 0.25) is 0 Å². The Labute approximate surface area is 161 Å². The molecular weight excluding hydrogens is 270 g/mol. The van der Waals surface area contributed by atoms with Gasteiger partial charge in [0.15, 0.2) is 0 Å². The third-order valence-corrected chi connectivity index (χ3v) is 0. The van der Waals surface area contributed by atoms with E-state index in [-0.39, 0.29) is 137 Å². The third kappa shape index (κ3) is 88.4. The van der Waals surface area contributed by atoms with Crippen LogP contribution < -0.4 is 76.2 Å². The zero-order valence-electron chi connectivity index (χ0n) is 5.21. The Balaban J connectivity index is -0.00000000800. The summed E-state index contributed by atoms with van der Waals surface area (Å²) in [6.07, 6.45) is 0. The maximum Gasteiger partial charge on any atom is 2.00 e. The molecule has 0 atom stereocenters. The van der Waals surface area contributed by atoms with Crippen molar-refractivity contribution in [2.24, 2.45) is 0 Å². The van der Waals surface area contributed by atoms with Gasteiger partial charge in [0.05, 0.1) is 0 Å². The minimum atomic E-state index is -5.17. The number of halogens is 2. The maximum atomic E-state index is 8.52. The predicted molar refractivity (Wildman–Crippen MR) is 22.0 cm³/mol. The molecule has 10 heavy (non-hydrogen) atoms. The Morgan fingerprint density at radius 2 is 1.00 bits per heavy atom. The molecule has 0 radical (unpaired) electrons. The van der Waals surface area contributed by atoms with Gasteiger partial charge in [-0.1, -0.05) is 0 Å². The van der Waals surface area contributed by atoms with Gasteiger partial charge in [-0.3, -0.25) is 8.42 Å². The van der Waals surface area contributed by atoms with E-state index in [0.717, 1.165) is 0 Å². The minimum absolute atomic E-state index is 0. The van der Waals surface area contributed by atoms with E-state index in [1.807, 2.05) is 0 Å². The first kappa shape index (κ1) is 36.9. The van der Waals surface area contributed by atoms with Crippen LogP contribution in [0.1, 0.15) is 0 Å². The minimum Gasteiger partial charge on any atom is -1.00 e. The first-order valence-corrected chi connectivity index (χ1v) is 2.00. The molecule has 0 bridgehead atoms. The van der Waals surface area contributed by atoms with E-state index < -0.39 is 10.4 Å². The summed E-state index contributed by atoms with van der Waals surface area (Å²) in [5, 5.41) is 0. The Morgan fingerprint density at radius 3 is 1.00 bits per heavy atom. The predicted octanol–water partition coefficient (Wildman–Crippen LogP) is -11.1.